The van der Waals surface area contributed by atoms with Gasteiger partial charge >= 0.3 is 0 Å². The summed E-state index contributed by atoms with van der Waals surface area (Å²) in [5.41, 5.74) is 1.33. The molecule has 0 bridgehead atoms. The fourth-order valence-electron chi connectivity index (χ4n) is 1.29. The molecule has 0 saturated carbocycles. The molecule has 0 aliphatic heterocycles. The van der Waals surface area contributed by atoms with Gasteiger partial charge in [0.15, 0.2) is 0 Å². The zero-order valence-electron chi connectivity index (χ0n) is 9.71. The first-order valence-electron chi connectivity index (χ1n) is 5.33. The Kier molecular flexibility index (Phi) is 5.76. The van der Waals surface area contributed by atoms with E-state index in [0.29, 0.717) is 5.25 Å². The molecule has 1 aromatic rings. The molecule has 0 atom stereocenters. The lowest BCUT2D eigenvalue weighted by atomic mass is 10.2. The number of rotatable bonds is 6. The first-order chi connectivity index (χ1) is 7.22. The van der Waals surface area contributed by atoms with Crippen LogP contribution in [0.25, 0.3) is 0 Å². The van der Waals surface area contributed by atoms with Gasteiger partial charge in [0, 0.05) is 23.4 Å². The Hall–Kier alpha value is -0.510. The van der Waals surface area contributed by atoms with Crippen LogP contribution in [-0.4, -0.2) is 19.0 Å². The van der Waals surface area contributed by atoms with Gasteiger partial charge in [-0.25, -0.2) is 0 Å². The van der Waals surface area contributed by atoms with Gasteiger partial charge in [-0.05, 0) is 24.7 Å². The Bertz CT molecular complexity index is 269. The van der Waals surface area contributed by atoms with E-state index in [9.17, 15) is 0 Å². The SMILES string of the molecule is CNCNCc1ccc(SC(C)C)cc1. The van der Waals surface area contributed by atoms with Crippen molar-refractivity contribution in [3.8, 4) is 0 Å². The van der Waals surface area contributed by atoms with Crippen molar-refractivity contribution in [2.45, 2.75) is 30.5 Å². The van der Waals surface area contributed by atoms with Gasteiger partial charge in [0.1, 0.15) is 0 Å². The van der Waals surface area contributed by atoms with Crippen LogP contribution in [-0.2, 0) is 6.54 Å². The summed E-state index contributed by atoms with van der Waals surface area (Å²) in [6.07, 6.45) is 0. The highest BCUT2D eigenvalue weighted by molar-refractivity contribution is 7.99. The molecular formula is C12H20N2S. The minimum Gasteiger partial charge on any atom is -0.308 e. The number of hydrogen-bond acceptors (Lipinski definition) is 3. The van der Waals surface area contributed by atoms with Crippen molar-refractivity contribution in [2.75, 3.05) is 13.7 Å². The molecule has 0 aliphatic rings. The molecule has 0 heterocycles. The largest absolute Gasteiger partial charge is 0.308 e. The fourth-order valence-corrected chi connectivity index (χ4v) is 2.13. The molecule has 0 spiro atoms. The van der Waals surface area contributed by atoms with Crippen LogP contribution < -0.4 is 10.6 Å². The molecule has 0 aromatic heterocycles. The van der Waals surface area contributed by atoms with Gasteiger partial charge in [-0.2, -0.15) is 0 Å². The third-order valence-electron chi connectivity index (χ3n) is 1.93. The van der Waals surface area contributed by atoms with Crippen LogP contribution in [0.1, 0.15) is 19.4 Å². The van der Waals surface area contributed by atoms with E-state index in [2.05, 4.69) is 48.7 Å². The van der Waals surface area contributed by atoms with Crippen LogP contribution in [0.15, 0.2) is 29.2 Å². The lowest BCUT2D eigenvalue weighted by Crippen LogP contribution is -2.25. The zero-order chi connectivity index (χ0) is 11.1. The molecule has 0 fully saturated rings. The lowest BCUT2D eigenvalue weighted by molar-refractivity contribution is 0.631. The number of hydrogen-bond donors (Lipinski definition) is 2. The van der Waals surface area contributed by atoms with E-state index >= 15 is 0 Å². The average Bonchev–Trinajstić information content (AvgIpc) is 2.20. The van der Waals surface area contributed by atoms with Crippen molar-refractivity contribution in [1.82, 2.24) is 10.6 Å². The maximum atomic E-state index is 3.29. The minimum atomic E-state index is 0.651. The van der Waals surface area contributed by atoms with E-state index in [-0.39, 0.29) is 0 Å². The van der Waals surface area contributed by atoms with Crippen LogP contribution in [0, 0.1) is 0 Å². The van der Waals surface area contributed by atoms with Crippen LogP contribution in [0.5, 0.6) is 0 Å². The molecule has 0 unspecified atom stereocenters. The molecule has 0 amide bonds. The predicted octanol–water partition coefficient (Wildman–Crippen LogP) is 2.45. The molecule has 0 aliphatic carbocycles. The fraction of sp³-hybridized carbons (Fsp3) is 0.500. The predicted molar refractivity (Wildman–Crippen MR) is 68.2 cm³/mol. The van der Waals surface area contributed by atoms with Crippen molar-refractivity contribution in [2.24, 2.45) is 0 Å². The second kappa shape index (κ2) is 6.88. The molecule has 84 valence electrons. The van der Waals surface area contributed by atoms with E-state index in [0.717, 1.165) is 13.2 Å². The summed E-state index contributed by atoms with van der Waals surface area (Å²) in [5.74, 6) is 0. The Morgan fingerprint density at radius 1 is 1.20 bits per heavy atom. The minimum absolute atomic E-state index is 0.651. The molecule has 3 heteroatoms. The molecule has 1 aromatic carbocycles. The summed E-state index contributed by atoms with van der Waals surface area (Å²) in [4.78, 5) is 1.35. The zero-order valence-corrected chi connectivity index (χ0v) is 10.5. The molecular weight excluding hydrogens is 204 g/mol. The lowest BCUT2D eigenvalue weighted by Gasteiger charge is -2.07. The summed E-state index contributed by atoms with van der Waals surface area (Å²) in [6, 6.07) is 8.77. The van der Waals surface area contributed by atoms with Gasteiger partial charge in [0.2, 0.25) is 0 Å². The molecule has 2 N–H and O–H groups in total. The topological polar surface area (TPSA) is 24.1 Å². The summed E-state index contributed by atoms with van der Waals surface area (Å²) in [5, 5.41) is 7.01. The Labute approximate surface area is 96.8 Å². The number of nitrogens with one attached hydrogen (secondary N) is 2. The van der Waals surface area contributed by atoms with Gasteiger partial charge in [-0.15, -0.1) is 11.8 Å². The standard InChI is InChI=1S/C12H20N2S/c1-10(2)15-12-6-4-11(5-7-12)8-14-9-13-3/h4-7,10,13-14H,8-9H2,1-3H3. The van der Waals surface area contributed by atoms with Gasteiger partial charge in [-0.1, -0.05) is 26.0 Å². The first kappa shape index (κ1) is 12.6. The van der Waals surface area contributed by atoms with E-state index in [1.807, 2.05) is 18.8 Å². The monoisotopic (exact) mass is 224 g/mol. The highest BCUT2D eigenvalue weighted by Crippen LogP contribution is 2.22. The van der Waals surface area contributed by atoms with Crippen LogP contribution in [0.4, 0.5) is 0 Å². The summed E-state index contributed by atoms with van der Waals surface area (Å²) < 4.78 is 0. The maximum absolute atomic E-state index is 3.29. The van der Waals surface area contributed by atoms with Gasteiger partial charge < -0.3 is 10.6 Å². The van der Waals surface area contributed by atoms with Crippen molar-refractivity contribution in [1.29, 1.82) is 0 Å². The van der Waals surface area contributed by atoms with Crippen molar-refractivity contribution in [3.63, 3.8) is 0 Å². The smallest absolute Gasteiger partial charge is 0.0454 e. The number of benzene rings is 1. The maximum Gasteiger partial charge on any atom is 0.0454 e. The van der Waals surface area contributed by atoms with E-state index < -0.39 is 0 Å². The van der Waals surface area contributed by atoms with Crippen LogP contribution in [0.2, 0.25) is 0 Å². The van der Waals surface area contributed by atoms with E-state index in [4.69, 9.17) is 0 Å². The Balaban J connectivity index is 2.42. The molecule has 0 saturated heterocycles. The molecule has 1 rings (SSSR count). The van der Waals surface area contributed by atoms with Crippen LogP contribution in [0.3, 0.4) is 0 Å². The highest BCUT2D eigenvalue weighted by Gasteiger charge is 1.98. The van der Waals surface area contributed by atoms with Crippen molar-refractivity contribution in [3.05, 3.63) is 29.8 Å². The van der Waals surface area contributed by atoms with Crippen molar-refractivity contribution < 1.29 is 0 Å². The first-order valence-corrected chi connectivity index (χ1v) is 6.21. The summed E-state index contributed by atoms with van der Waals surface area (Å²) in [7, 11) is 1.94. The van der Waals surface area contributed by atoms with E-state index in [1.54, 1.807) is 0 Å². The molecule has 15 heavy (non-hydrogen) atoms. The Morgan fingerprint density at radius 2 is 1.87 bits per heavy atom. The van der Waals surface area contributed by atoms with Crippen LogP contribution >= 0.6 is 11.8 Å². The highest BCUT2D eigenvalue weighted by atomic mass is 32.2. The normalized spacial score (nSPS) is 10.9. The van der Waals surface area contributed by atoms with E-state index in [1.165, 1.54) is 10.5 Å². The third-order valence-corrected chi connectivity index (χ3v) is 2.94. The van der Waals surface area contributed by atoms with Crippen molar-refractivity contribution >= 4 is 11.8 Å². The van der Waals surface area contributed by atoms with Gasteiger partial charge in [0.05, 0.1) is 0 Å². The summed E-state index contributed by atoms with van der Waals surface area (Å²) in [6.45, 7) is 6.20. The second-order valence-corrected chi connectivity index (χ2v) is 5.42. The summed E-state index contributed by atoms with van der Waals surface area (Å²) >= 11 is 1.90. The quantitative estimate of drug-likeness (QED) is 0.441. The Morgan fingerprint density at radius 3 is 2.40 bits per heavy atom. The third kappa shape index (κ3) is 5.21. The second-order valence-electron chi connectivity index (χ2n) is 3.77. The molecule has 0 radical (unpaired) electrons. The van der Waals surface area contributed by atoms with Gasteiger partial charge in [-0.3, -0.25) is 0 Å². The number of thioether (sulfide) groups is 1. The average molecular weight is 224 g/mol. The van der Waals surface area contributed by atoms with Gasteiger partial charge in [0.25, 0.3) is 0 Å². The molecule has 2 nitrogen and oxygen atoms in total.